The third-order valence-corrected chi connectivity index (χ3v) is 3.80. The number of nitrogen functional groups attached to an aromatic ring is 1. The number of nitrogens with two attached hydrogens (primary N) is 1. The van der Waals surface area contributed by atoms with Crippen molar-refractivity contribution in [2.24, 2.45) is 5.84 Å². The summed E-state index contributed by atoms with van der Waals surface area (Å²) < 4.78 is 1.06. The minimum atomic E-state index is 0.724. The summed E-state index contributed by atoms with van der Waals surface area (Å²) in [4.78, 5) is 8.33. The van der Waals surface area contributed by atoms with Crippen molar-refractivity contribution in [1.82, 2.24) is 9.97 Å². The van der Waals surface area contributed by atoms with E-state index in [9.17, 15) is 0 Å². The molecule has 0 saturated carbocycles. The summed E-state index contributed by atoms with van der Waals surface area (Å²) in [7, 11) is 0. The summed E-state index contributed by atoms with van der Waals surface area (Å²) in [6.45, 7) is 0. The minimum absolute atomic E-state index is 0.724. The predicted octanol–water partition coefficient (Wildman–Crippen LogP) is 2.12. The molecule has 15 heavy (non-hydrogen) atoms. The molecule has 0 atom stereocenters. The molecule has 0 saturated heterocycles. The van der Waals surface area contributed by atoms with Crippen LogP contribution in [0.25, 0.3) is 0 Å². The number of hydrogen-bond donors (Lipinski definition) is 2. The fraction of sp³-hybridized carbons (Fsp3) is 0.111. The zero-order valence-electron chi connectivity index (χ0n) is 7.88. The Morgan fingerprint density at radius 3 is 3.07 bits per heavy atom. The van der Waals surface area contributed by atoms with Crippen molar-refractivity contribution in [3.8, 4) is 0 Å². The van der Waals surface area contributed by atoms with Gasteiger partial charge in [0.2, 0.25) is 0 Å². The number of nitrogens with one attached hydrogen (secondary N) is 1. The predicted molar refractivity (Wildman–Crippen MR) is 63.7 cm³/mol. The van der Waals surface area contributed by atoms with E-state index in [1.165, 1.54) is 0 Å². The Kier molecular flexibility index (Phi) is 3.54. The monoisotopic (exact) mass is 238 g/mol. The number of hydrogen-bond acceptors (Lipinski definition) is 6. The second kappa shape index (κ2) is 5.11. The summed E-state index contributed by atoms with van der Waals surface area (Å²) in [5, 5.41) is 1.97. The molecule has 0 aliphatic heterocycles. The molecular weight excluding hydrogens is 228 g/mol. The van der Waals surface area contributed by atoms with E-state index in [1.807, 2.05) is 17.5 Å². The van der Waals surface area contributed by atoms with Gasteiger partial charge in [0, 0.05) is 29.1 Å². The van der Waals surface area contributed by atoms with Gasteiger partial charge in [-0.25, -0.2) is 15.8 Å². The Balaban J connectivity index is 2.04. The maximum atomic E-state index is 5.36. The highest BCUT2D eigenvalue weighted by atomic mass is 32.2. The first-order valence-corrected chi connectivity index (χ1v) is 6.19. The molecule has 2 aromatic rings. The molecule has 2 rings (SSSR count). The Labute approximate surface area is 95.9 Å². The van der Waals surface area contributed by atoms with Crippen molar-refractivity contribution in [1.29, 1.82) is 0 Å². The second-order valence-electron chi connectivity index (χ2n) is 2.74. The number of aromatic nitrogens is 2. The summed E-state index contributed by atoms with van der Waals surface area (Å²) >= 11 is 3.32. The molecule has 0 radical (unpaired) electrons. The van der Waals surface area contributed by atoms with E-state index in [2.05, 4.69) is 15.4 Å². The van der Waals surface area contributed by atoms with Crippen LogP contribution >= 0.6 is 23.1 Å². The molecule has 0 aromatic carbocycles. The number of rotatable bonds is 4. The van der Waals surface area contributed by atoms with Crippen molar-refractivity contribution in [3.05, 3.63) is 35.5 Å². The summed E-state index contributed by atoms with van der Waals surface area (Å²) in [5.74, 6) is 6.91. The molecule has 0 aliphatic carbocycles. The molecule has 2 aromatic heterocycles. The standard InChI is InChI=1S/C9H10N4S2/c10-13-8-7(2-1-3-11-8)6-15-9-12-4-5-14-9/h1-5H,6,10H2,(H,11,13). The normalized spacial score (nSPS) is 10.2. The quantitative estimate of drug-likeness (QED) is 0.485. The number of nitrogens with zero attached hydrogens (tertiary/aromatic N) is 2. The number of anilines is 1. The van der Waals surface area contributed by atoms with Crippen molar-refractivity contribution in [2.45, 2.75) is 10.1 Å². The van der Waals surface area contributed by atoms with Gasteiger partial charge in [-0.1, -0.05) is 17.8 Å². The van der Waals surface area contributed by atoms with Crippen molar-refractivity contribution >= 4 is 28.9 Å². The van der Waals surface area contributed by atoms with Gasteiger partial charge in [0.1, 0.15) is 10.2 Å². The average Bonchev–Trinajstić information content (AvgIpc) is 2.79. The lowest BCUT2D eigenvalue weighted by Crippen LogP contribution is -2.10. The van der Waals surface area contributed by atoms with E-state index in [0.717, 1.165) is 21.5 Å². The molecule has 3 N–H and O–H groups in total. The molecule has 4 nitrogen and oxygen atoms in total. The highest BCUT2D eigenvalue weighted by molar-refractivity contribution is 8.00. The van der Waals surface area contributed by atoms with Crippen LogP contribution in [0.3, 0.4) is 0 Å². The van der Waals surface area contributed by atoms with Crippen LogP contribution in [-0.4, -0.2) is 9.97 Å². The Morgan fingerprint density at radius 2 is 2.33 bits per heavy atom. The maximum Gasteiger partial charge on any atom is 0.150 e. The van der Waals surface area contributed by atoms with Gasteiger partial charge >= 0.3 is 0 Å². The van der Waals surface area contributed by atoms with Crippen LogP contribution in [0.15, 0.2) is 34.2 Å². The molecule has 0 unspecified atom stereocenters. The zero-order chi connectivity index (χ0) is 10.5. The number of thiazole rings is 1. The zero-order valence-corrected chi connectivity index (χ0v) is 9.52. The van der Waals surface area contributed by atoms with Crippen LogP contribution in [0.4, 0.5) is 5.82 Å². The van der Waals surface area contributed by atoms with Crippen molar-refractivity contribution < 1.29 is 0 Å². The van der Waals surface area contributed by atoms with Gasteiger partial charge in [-0.15, -0.1) is 11.3 Å². The van der Waals surface area contributed by atoms with Gasteiger partial charge in [0.15, 0.2) is 0 Å². The van der Waals surface area contributed by atoms with E-state index >= 15 is 0 Å². The molecular formula is C9H10N4S2. The van der Waals surface area contributed by atoms with Crippen molar-refractivity contribution in [2.75, 3.05) is 5.43 Å². The molecule has 0 amide bonds. The number of hydrazine groups is 1. The number of pyridine rings is 1. The lowest BCUT2D eigenvalue weighted by molar-refractivity contribution is 1.18. The Hall–Kier alpha value is -1.11. The third-order valence-electron chi connectivity index (χ3n) is 1.79. The maximum absolute atomic E-state index is 5.36. The first kappa shape index (κ1) is 10.4. The highest BCUT2D eigenvalue weighted by Crippen LogP contribution is 2.26. The molecule has 2 heterocycles. The van der Waals surface area contributed by atoms with Gasteiger partial charge in [-0.3, -0.25) is 0 Å². The van der Waals surface area contributed by atoms with E-state index in [4.69, 9.17) is 5.84 Å². The minimum Gasteiger partial charge on any atom is -0.308 e. The van der Waals surface area contributed by atoms with Gasteiger partial charge in [0.05, 0.1) is 0 Å². The lowest BCUT2D eigenvalue weighted by atomic mass is 10.3. The van der Waals surface area contributed by atoms with Gasteiger partial charge in [-0.2, -0.15) is 0 Å². The molecule has 0 spiro atoms. The van der Waals surface area contributed by atoms with Gasteiger partial charge in [-0.05, 0) is 6.07 Å². The largest absolute Gasteiger partial charge is 0.308 e. The first-order chi connectivity index (χ1) is 7.40. The average molecular weight is 238 g/mol. The van der Waals surface area contributed by atoms with Crippen LogP contribution in [0.5, 0.6) is 0 Å². The van der Waals surface area contributed by atoms with Gasteiger partial charge < -0.3 is 5.43 Å². The van der Waals surface area contributed by atoms with E-state index in [-0.39, 0.29) is 0 Å². The Bertz CT molecular complexity index is 416. The van der Waals surface area contributed by atoms with E-state index < -0.39 is 0 Å². The van der Waals surface area contributed by atoms with Crippen LogP contribution in [-0.2, 0) is 5.75 Å². The van der Waals surface area contributed by atoms with Crippen molar-refractivity contribution in [3.63, 3.8) is 0 Å². The Morgan fingerprint density at radius 1 is 1.40 bits per heavy atom. The second-order valence-corrected chi connectivity index (χ2v) is 4.86. The first-order valence-electron chi connectivity index (χ1n) is 4.33. The summed E-state index contributed by atoms with van der Waals surface area (Å²) in [6, 6.07) is 3.90. The highest BCUT2D eigenvalue weighted by Gasteiger charge is 2.03. The molecule has 78 valence electrons. The lowest BCUT2D eigenvalue weighted by Gasteiger charge is -2.05. The summed E-state index contributed by atoms with van der Waals surface area (Å²) in [6.07, 6.45) is 3.52. The fourth-order valence-corrected chi connectivity index (χ4v) is 2.73. The fourth-order valence-electron chi connectivity index (χ4n) is 1.11. The molecule has 6 heteroatoms. The van der Waals surface area contributed by atoms with Crippen LogP contribution < -0.4 is 11.3 Å². The molecule has 0 bridgehead atoms. The molecule has 0 aliphatic rings. The topological polar surface area (TPSA) is 63.8 Å². The smallest absolute Gasteiger partial charge is 0.150 e. The van der Waals surface area contributed by atoms with Crippen LogP contribution in [0.2, 0.25) is 0 Å². The third kappa shape index (κ3) is 2.68. The number of thioether (sulfide) groups is 1. The SMILES string of the molecule is NNc1ncccc1CSc1nccs1. The van der Waals surface area contributed by atoms with Crippen LogP contribution in [0.1, 0.15) is 5.56 Å². The van der Waals surface area contributed by atoms with E-state index in [1.54, 1.807) is 35.5 Å². The summed E-state index contributed by atoms with van der Waals surface area (Å²) in [5.41, 5.74) is 3.67. The van der Waals surface area contributed by atoms with Gasteiger partial charge in [0.25, 0.3) is 0 Å². The molecule has 0 fully saturated rings. The van der Waals surface area contributed by atoms with Crippen LogP contribution in [0, 0.1) is 0 Å². The van der Waals surface area contributed by atoms with E-state index in [0.29, 0.717) is 0 Å².